The van der Waals surface area contributed by atoms with E-state index in [0.717, 1.165) is 27.9 Å². The first-order chi connectivity index (χ1) is 14.5. The van der Waals surface area contributed by atoms with Crippen molar-refractivity contribution in [3.63, 3.8) is 0 Å². The minimum absolute atomic E-state index is 0.0593. The first-order valence-electron chi connectivity index (χ1n) is 9.19. The van der Waals surface area contributed by atoms with Gasteiger partial charge in [0.25, 0.3) is 5.91 Å². The molecule has 0 fully saturated rings. The Hall–Kier alpha value is -3.26. The zero-order valence-electron chi connectivity index (χ0n) is 15.8. The van der Waals surface area contributed by atoms with E-state index in [1.807, 2.05) is 36.4 Å². The molecule has 1 amide bonds. The van der Waals surface area contributed by atoms with Gasteiger partial charge in [-0.1, -0.05) is 30.3 Å². The Balaban J connectivity index is 1.58. The highest BCUT2D eigenvalue weighted by molar-refractivity contribution is 7.20. The van der Waals surface area contributed by atoms with Crippen LogP contribution >= 0.6 is 11.3 Å². The lowest BCUT2D eigenvalue weighted by molar-refractivity contribution is 0.0951. The lowest BCUT2D eigenvalue weighted by atomic mass is 10.1. The zero-order chi connectivity index (χ0) is 21.1. The lowest BCUT2D eigenvalue weighted by Gasteiger charge is -2.13. The molecule has 8 heteroatoms. The number of fused-ring (bicyclic) bond motifs is 1. The van der Waals surface area contributed by atoms with Gasteiger partial charge in [-0.3, -0.25) is 4.79 Å². The molecule has 0 aliphatic heterocycles. The second-order valence-corrected chi connectivity index (χ2v) is 7.87. The Morgan fingerprint density at radius 3 is 2.60 bits per heavy atom. The van der Waals surface area contributed by atoms with Gasteiger partial charge in [-0.25, -0.2) is 13.8 Å². The molecule has 0 saturated heterocycles. The Bertz CT molecular complexity index is 1230. The maximum atomic E-state index is 13.4. The van der Waals surface area contributed by atoms with E-state index in [-0.39, 0.29) is 12.5 Å². The second-order valence-electron chi connectivity index (χ2n) is 6.67. The molecule has 2 aromatic heterocycles. The number of thiophene rings is 1. The standard InChI is InChI=1S/C22H16BF2N3OS/c23-20-8-6-15(30-20)12-26-21-16(10-14-3-1-2-4-19(14)28-21)22(29)27-11-13-5-7-17(24)18(25)9-13/h1-10H,11-12H2,(H,26,28)(H,27,29). The van der Waals surface area contributed by atoms with Gasteiger partial charge in [0.05, 0.1) is 17.6 Å². The Morgan fingerprint density at radius 2 is 1.83 bits per heavy atom. The van der Waals surface area contributed by atoms with Gasteiger partial charge in [-0.05, 0) is 40.7 Å². The van der Waals surface area contributed by atoms with Crippen LogP contribution in [-0.2, 0) is 13.1 Å². The van der Waals surface area contributed by atoms with Crippen LogP contribution in [0.5, 0.6) is 0 Å². The number of aromatic nitrogens is 1. The molecule has 0 saturated carbocycles. The number of hydrogen-bond acceptors (Lipinski definition) is 4. The molecule has 0 aliphatic rings. The number of nitrogens with one attached hydrogen (secondary N) is 2. The monoisotopic (exact) mass is 419 g/mol. The molecule has 2 radical (unpaired) electrons. The molecule has 4 aromatic rings. The minimum atomic E-state index is -0.952. The first kappa shape index (κ1) is 20.0. The second kappa shape index (κ2) is 8.63. The number of anilines is 1. The molecule has 2 heterocycles. The summed E-state index contributed by atoms with van der Waals surface area (Å²) in [6.07, 6.45) is 0. The third-order valence-electron chi connectivity index (χ3n) is 4.52. The van der Waals surface area contributed by atoms with Crippen molar-refractivity contribution in [2.45, 2.75) is 13.1 Å². The fraction of sp³-hybridized carbons (Fsp3) is 0.0909. The number of nitrogens with zero attached hydrogens (tertiary/aromatic N) is 1. The molecule has 0 bridgehead atoms. The third kappa shape index (κ3) is 4.49. The summed E-state index contributed by atoms with van der Waals surface area (Å²) in [4.78, 5) is 18.5. The van der Waals surface area contributed by atoms with Gasteiger partial charge in [0.2, 0.25) is 0 Å². The molecule has 0 unspecified atom stereocenters. The van der Waals surface area contributed by atoms with Crippen molar-refractivity contribution in [1.29, 1.82) is 0 Å². The lowest BCUT2D eigenvalue weighted by Crippen LogP contribution is -2.24. The molecule has 2 N–H and O–H groups in total. The van der Waals surface area contributed by atoms with Crippen LogP contribution in [0.15, 0.2) is 60.7 Å². The van der Waals surface area contributed by atoms with Crippen LogP contribution in [0.1, 0.15) is 20.8 Å². The van der Waals surface area contributed by atoms with Crippen LogP contribution in [0.25, 0.3) is 10.9 Å². The average Bonchev–Trinajstić information content (AvgIpc) is 3.17. The SMILES string of the molecule is [B]c1ccc(CNc2nc3ccccc3cc2C(=O)NCc2ccc(F)c(F)c2)s1. The van der Waals surface area contributed by atoms with Gasteiger partial charge in [0.15, 0.2) is 11.6 Å². The van der Waals surface area contributed by atoms with Gasteiger partial charge >= 0.3 is 0 Å². The smallest absolute Gasteiger partial charge is 0.255 e. The van der Waals surface area contributed by atoms with Gasteiger partial charge < -0.3 is 10.6 Å². The van der Waals surface area contributed by atoms with E-state index in [9.17, 15) is 13.6 Å². The number of para-hydroxylation sites is 1. The summed E-state index contributed by atoms with van der Waals surface area (Å²) in [5, 5.41) is 6.77. The Morgan fingerprint density at radius 1 is 1.00 bits per heavy atom. The van der Waals surface area contributed by atoms with Crippen molar-refractivity contribution in [2.24, 2.45) is 0 Å². The summed E-state index contributed by atoms with van der Waals surface area (Å²) in [6.45, 7) is 0.528. The first-order valence-corrected chi connectivity index (χ1v) is 10.0. The predicted molar refractivity (Wildman–Crippen MR) is 116 cm³/mol. The highest BCUT2D eigenvalue weighted by Crippen LogP contribution is 2.22. The van der Waals surface area contributed by atoms with E-state index in [2.05, 4.69) is 15.6 Å². The van der Waals surface area contributed by atoms with Crippen LogP contribution in [0.3, 0.4) is 0 Å². The molecule has 30 heavy (non-hydrogen) atoms. The maximum Gasteiger partial charge on any atom is 0.255 e. The van der Waals surface area contributed by atoms with E-state index in [0.29, 0.717) is 28.3 Å². The molecule has 4 nitrogen and oxygen atoms in total. The molecule has 148 valence electrons. The summed E-state index contributed by atoms with van der Waals surface area (Å²) >= 11 is 1.46. The van der Waals surface area contributed by atoms with Gasteiger partial charge in [-0.2, -0.15) is 11.3 Å². The number of pyridine rings is 1. The molecule has 0 aliphatic carbocycles. The number of carbonyl (C=O) groups is 1. The van der Waals surface area contributed by atoms with E-state index >= 15 is 0 Å². The van der Waals surface area contributed by atoms with Crippen molar-refractivity contribution in [1.82, 2.24) is 10.3 Å². The average molecular weight is 419 g/mol. The molecule has 4 rings (SSSR count). The van der Waals surface area contributed by atoms with E-state index in [1.165, 1.54) is 17.4 Å². The van der Waals surface area contributed by atoms with Crippen LogP contribution < -0.4 is 15.4 Å². The zero-order valence-corrected chi connectivity index (χ0v) is 16.6. The summed E-state index contributed by atoms with van der Waals surface area (Å²) in [5.74, 6) is -1.81. The van der Waals surface area contributed by atoms with E-state index in [4.69, 9.17) is 7.85 Å². The number of benzene rings is 2. The maximum absolute atomic E-state index is 13.4. The van der Waals surface area contributed by atoms with E-state index in [1.54, 1.807) is 6.07 Å². The normalized spacial score (nSPS) is 10.9. The van der Waals surface area contributed by atoms with Crippen molar-refractivity contribution in [2.75, 3.05) is 5.32 Å². The summed E-state index contributed by atoms with van der Waals surface area (Å²) < 4.78 is 27.2. The van der Waals surface area contributed by atoms with Crippen molar-refractivity contribution < 1.29 is 13.6 Å². The quantitative estimate of drug-likeness (QED) is 0.466. The molecule has 0 atom stereocenters. The molecule has 0 spiro atoms. The van der Waals surface area contributed by atoms with Crippen LogP contribution in [0.2, 0.25) is 0 Å². The Kier molecular flexibility index (Phi) is 5.76. The fourth-order valence-electron chi connectivity index (χ4n) is 3.01. The van der Waals surface area contributed by atoms with Crippen molar-refractivity contribution in [3.05, 3.63) is 88.3 Å². The highest BCUT2D eigenvalue weighted by Gasteiger charge is 2.15. The van der Waals surface area contributed by atoms with Crippen molar-refractivity contribution in [3.8, 4) is 0 Å². The van der Waals surface area contributed by atoms with Crippen LogP contribution in [-0.4, -0.2) is 18.7 Å². The highest BCUT2D eigenvalue weighted by atomic mass is 32.1. The number of hydrogen-bond donors (Lipinski definition) is 2. The van der Waals surface area contributed by atoms with E-state index < -0.39 is 11.6 Å². The number of amides is 1. The largest absolute Gasteiger partial charge is 0.364 e. The molecular weight excluding hydrogens is 403 g/mol. The van der Waals surface area contributed by atoms with Gasteiger partial charge in [-0.15, -0.1) is 0 Å². The summed E-state index contributed by atoms with van der Waals surface area (Å²) in [7, 11) is 5.78. The fourth-order valence-corrected chi connectivity index (χ4v) is 3.73. The van der Waals surface area contributed by atoms with Crippen molar-refractivity contribution >= 4 is 46.6 Å². The van der Waals surface area contributed by atoms with Crippen LogP contribution in [0.4, 0.5) is 14.6 Å². The molecular formula is C22H16BF2N3OS. The summed E-state index contributed by atoms with van der Waals surface area (Å²) in [6, 6.07) is 16.5. The minimum Gasteiger partial charge on any atom is -0.364 e. The summed E-state index contributed by atoms with van der Waals surface area (Å²) in [5.41, 5.74) is 1.57. The topological polar surface area (TPSA) is 54.0 Å². The van der Waals surface area contributed by atoms with Gasteiger partial charge in [0, 0.05) is 16.8 Å². The Labute approximate surface area is 177 Å². The predicted octanol–water partition coefficient (Wildman–Crippen LogP) is 3.91. The molecule has 2 aromatic carbocycles. The van der Waals surface area contributed by atoms with Gasteiger partial charge in [0.1, 0.15) is 13.7 Å². The third-order valence-corrected chi connectivity index (χ3v) is 5.43. The van der Waals surface area contributed by atoms with Crippen LogP contribution in [0, 0.1) is 11.6 Å². The number of rotatable bonds is 6. The number of carbonyl (C=O) groups excluding carboxylic acids is 1. The number of halogens is 2.